The van der Waals surface area contributed by atoms with Gasteiger partial charge in [-0.05, 0) is 36.6 Å². The molecule has 1 heterocycles. The highest BCUT2D eigenvalue weighted by Crippen LogP contribution is 2.29. The normalized spacial score (nSPS) is 11.4. The zero-order valence-electron chi connectivity index (χ0n) is 13.9. The molecule has 2 N–H and O–H groups in total. The topological polar surface area (TPSA) is 66.9 Å². The number of carbonyl (C=O) groups is 1. The zero-order chi connectivity index (χ0) is 18.4. The predicted octanol–water partition coefficient (Wildman–Crippen LogP) is 4.21. The number of hydrogen-bond acceptors (Lipinski definition) is 4. The molecule has 0 bridgehead atoms. The Labute approximate surface area is 143 Å². The number of halogens is 3. The third kappa shape index (κ3) is 5.74. The van der Waals surface area contributed by atoms with Crippen LogP contribution in [0, 0.1) is 5.92 Å². The lowest BCUT2D eigenvalue weighted by Gasteiger charge is -2.09. The fraction of sp³-hybridized carbons (Fsp3) is 0.353. The van der Waals surface area contributed by atoms with E-state index in [1.54, 1.807) is 0 Å². The quantitative estimate of drug-likeness (QED) is 0.817. The third-order valence-corrected chi connectivity index (χ3v) is 3.39. The van der Waals surface area contributed by atoms with Crippen molar-refractivity contribution in [2.75, 3.05) is 17.2 Å². The van der Waals surface area contributed by atoms with Crippen molar-refractivity contribution >= 4 is 17.5 Å². The lowest BCUT2D eigenvalue weighted by Crippen LogP contribution is -2.14. The van der Waals surface area contributed by atoms with Crippen LogP contribution >= 0.6 is 0 Å². The Morgan fingerprint density at radius 1 is 1.12 bits per heavy atom. The molecular weight excluding hydrogens is 333 g/mol. The molecule has 1 amide bonds. The van der Waals surface area contributed by atoms with Crippen LogP contribution in [0.25, 0.3) is 0 Å². The highest BCUT2D eigenvalue weighted by Gasteiger charge is 2.30. The minimum atomic E-state index is -4.41. The number of rotatable bonds is 6. The first-order valence-corrected chi connectivity index (χ1v) is 7.80. The van der Waals surface area contributed by atoms with E-state index in [0.29, 0.717) is 11.9 Å². The molecule has 1 aromatic heterocycles. The molecule has 0 aliphatic rings. The monoisotopic (exact) mass is 352 g/mol. The summed E-state index contributed by atoms with van der Waals surface area (Å²) >= 11 is 0. The number of amides is 1. The van der Waals surface area contributed by atoms with E-state index in [0.717, 1.165) is 25.1 Å². The highest BCUT2D eigenvalue weighted by molar-refractivity contribution is 6.03. The van der Waals surface area contributed by atoms with Gasteiger partial charge in [-0.2, -0.15) is 13.2 Å². The van der Waals surface area contributed by atoms with Crippen LogP contribution < -0.4 is 10.6 Å². The van der Waals surface area contributed by atoms with Gasteiger partial charge >= 0.3 is 6.18 Å². The van der Waals surface area contributed by atoms with Crippen LogP contribution in [0.5, 0.6) is 0 Å². The molecule has 8 heteroatoms. The smallest absolute Gasteiger partial charge is 0.354 e. The van der Waals surface area contributed by atoms with Gasteiger partial charge in [0, 0.05) is 24.6 Å². The summed E-state index contributed by atoms with van der Waals surface area (Å²) in [6.07, 6.45) is -0.706. The van der Waals surface area contributed by atoms with Crippen LogP contribution in [0.3, 0.4) is 0 Å². The van der Waals surface area contributed by atoms with E-state index in [2.05, 4.69) is 34.4 Å². The van der Waals surface area contributed by atoms with E-state index in [1.807, 2.05) is 0 Å². The van der Waals surface area contributed by atoms with Crippen molar-refractivity contribution in [1.82, 2.24) is 9.97 Å². The number of alkyl halides is 3. The Balaban J connectivity index is 1.94. The first kappa shape index (κ1) is 18.7. The van der Waals surface area contributed by atoms with Gasteiger partial charge in [-0.15, -0.1) is 0 Å². The molecule has 2 aromatic rings. The van der Waals surface area contributed by atoms with Crippen molar-refractivity contribution in [3.63, 3.8) is 0 Å². The molecule has 134 valence electrons. The summed E-state index contributed by atoms with van der Waals surface area (Å²) < 4.78 is 37.5. The first-order valence-electron chi connectivity index (χ1n) is 7.80. The van der Waals surface area contributed by atoms with Crippen molar-refractivity contribution in [3.8, 4) is 0 Å². The molecule has 0 saturated carbocycles. The van der Waals surface area contributed by atoms with Crippen molar-refractivity contribution in [2.24, 2.45) is 5.92 Å². The number of nitrogens with zero attached hydrogens (tertiary/aromatic N) is 2. The van der Waals surface area contributed by atoms with E-state index in [-0.39, 0.29) is 11.3 Å². The molecule has 25 heavy (non-hydrogen) atoms. The van der Waals surface area contributed by atoms with E-state index in [9.17, 15) is 18.0 Å². The Morgan fingerprint density at radius 3 is 2.24 bits per heavy atom. The highest BCUT2D eigenvalue weighted by atomic mass is 19.4. The Bertz CT molecular complexity index is 697. The number of nitrogens with one attached hydrogen (secondary N) is 2. The lowest BCUT2D eigenvalue weighted by molar-refractivity contribution is -0.137. The van der Waals surface area contributed by atoms with Crippen LogP contribution in [0.4, 0.5) is 24.8 Å². The summed E-state index contributed by atoms with van der Waals surface area (Å²) in [6, 6.07) is 4.22. The molecule has 0 fully saturated rings. The Morgan fingerprint density at radius 2 is 1.72 bits per heavy atom. The van der Waals surface area contributed by atoms with Gasteiger partial charge in [0.15, 0.2) is 0 Å². The largest absolute Gasteiger partial charge is 0.416 e. The SMILES string of the molecule is CC(C)CCNc1ncc(C(=O)Nc2ccc(C(F)(F)F)cc2)cn1. The second-order valence-electron chi connectivity index (χ2n) is 5.93. The zero-order valence-corrected chi connectivity index (χ0v) is 13.9. The molecule has 5 nitrogen and oxygen atoms in total. The van der Waals surface area contributed by atoms with Gasteiger partial charge < -0.3 is 10.6 Å². The fourth-order valence-corrected chi connectivity index (χ4v) is 1.96. The van der Waals surface area contributed by atoms with Crippen molar-refractivity contribution < 1.29 is 18.0 Å². The number of hydrogen-bond donors (Lipinski definition) is 2. The van der Waals surface area contributed by atoms with Crippen LogP contribution in [0.1, 0.15) is 36.2 Å². The molecule has 0 saturated heterocycles. The maximum atomic E-state index is 12.5. The van der Waals surface area contributed by atoms with Gasteiger partial charge in [0.25, 0.3) is 5.91 Å². The number of aromatic nitrogens is 2. The Hall–Kier alpha value is -2.64. The minimum Gasteiger partial charge on any atom is -0.354 e. The first-order chi connectivity index (χ1) is 11.8. The molecule has 0 radical (unpaired) electrons. The summed E-state index contributed by atoms with van der Waals surface area (Å²) in [5.41, 5.74) is -0.294. The van der Waals surface area contributed by atoms with Crippen molar-refractivity contribution in [2.45, 2.75) is 26.4 Å². The summed E-state index contributed by atoms with van der Waals surface area (Å²) in [6.45, 7) is 4.95. The van der Waals surface area contributed by atoms with Gasteiger partial charge in [0.1, 0.15) is 0 Å². The van der Waals surface area contributed by atoms with Gasteiger partial charge in [-0.25, -0.2) is 9.97 Å². The average Bonchev–Trinajstić information content (AvgIpc) is 2.55. The second-order valence-corrected chi connectivity index (χ2v) is 5.93. The molecule has 0 unspecified atom stereocenters. The number of carbonyl (C=O) groups excluding carboxylic acids is 1. The van der Waals surface area contributed by atoms with Gasteiger partial charge in [-0.3, -0.25) is 4.79 Å². The van der Waals surface area contributed by atoms with Crippen molar-refractivity contribution in [3.05, 3.63) is 47.8 Å². The number of benzene rings is 1. The molecule has 0 spiro atoms. The molecule has 2 rings (SSSR count). The van der Waals surface area contributed by atoms with Gasteiger partial charge in [-0.1, -0.05) is 13.8 Å². The van der Waals surface area contributed by atoms with Crippen LogP contribution in [0.2, 0.25) is 0 Å². The predicted molar refractivity (Wildman–Crippen MR) is 89.4 cm³/mol. The summed E-state index contributed by atoms with van der Waals surface area (Å²) in [4.78, 5) is 20.2. The second kappa shape index (κ2) is 7.96. The van der Waals surface area contributed by atoms with E-state index < -0.39 is 17.6 Å². The maximum Gasteiger partial charge on any atom is 0.416 e. The lowest BCUT2D eigenvalue weighted by atomic mass is 10.1. The molecular formula is C17H19F3N4O. The van der Waals surface area contributed by atoms with Gasteiger partial charge in [0.2, 0.25) is 5.95 Å². The van der Waals surface area contributed by atoms with E-state index in [4.69, 9.17) is 0 Å². The summed E-state index contributed by atoms with van der Waals surface area (Å²) in [5, 5.41) is 5.56. The third-order valence-electron chi connectivity index (χ3n) is 3.39. The van der Waals surface area contributed by atoms with Crippen LogP contribution in [-0.2, 0) is 6.18 Å². The molecule has 1 aromatic carbocycles. The van der Waals surface area contributed by atoms with E-state index >= 15 is 0 Å². The Kier molecular flexibility index (Phi) is 5.95. The van der Waals surface area contributed by atoms with E-state index in [1.165, 1.54) is 24.5 Å². The van der Waals surface area contributed by atoms with Crippen LogP contribution in [-0.4, -0.2) is 22.4 Å². The molecule has 0 atom stereocenters. The standard InChI is InChI=1S/C17H19F3N4O/c1-11(2)7-8-21-16-22-9-12(10-23-16)15(25)24-14-5-3-13(4-6-14)17(18,19)20/h3-6,9-11H,7-8H2,1-2H3,(H,24,25)(H,21,22,23). The maximum absolute atomic E-state index is 12.5. The summed E-state index contributed by atoms with van der Waals surface area (Å²) in [7, 11) is 0. The minimum absolute atomic E-state index is 0.217. The fourth-order valence-electron chi connectivity index (χ4n) is 1.96. The average molecular weight is 352 g/mol. The van der Waals surface area contributed by atoms with Gasteiger partial charge in [0.05, 0.1) is 11.1 Å². The number of anilines is 2. The molecule has 0 aliphatic heterocycles. The molecule has 0 aliphatic carbocycles. The van der Waals surface area contributed by atoms with Crippen LogP contribution in [0.15, 0.2) is 36.7 Å². The summed E-state index contributed by atoms with van der Waals surface area (Å²) in [5.74, 6) is 0.488. The van der Waals surface area contributed by atoms with Crippen molar-refractivity contribution in [1.29, 1.82) is 0 Å².